The molecule has 2 unspecified atom stereocenters. The van der Waals surface area contributed by atoms with Gasteiger partial charge in [-0.25, -0.2) is 0 Å². The van der Waals surface area contributed by atoms with Crippen LogP contribution in [-0.2, 0) is 9.59 Å². The Morgan fingerprint density at radius 2 is 2.14 bits per heavy atom. The van der Waals surface area contributed by atoms with Gasteiger partial charge in [0.2, 0.25) is 11.8 Å². The van der Waals surface area contributed by atoms with Gasteiger partial charge in [-0.3, -0.25) is 9.59 Å². The molecular formula is C17H28N2O2S. The Hall–Kier alpha value is -0.710. The molecule has 2 saturated heterocycles. The highest BCUT2D eigenvalue weighted by Crippen LogP contribution is 2.47. The number of carbonyl (C=O) groups excluding carboxylic acids is 2. The van der Waals surface area contributed by atoms with Gasteiger partial charge >= 0.3 is 0 Å². The van der Waals surface area contributed by atoms with Crippen molar-refractivity contribution < 1.29 is 9.59 Å². The van der Waals surface area contributed by atoms with Crippen LogP contribution in [0.2, 0.25) is 0 Å². The molecule has 0 radical (unpaired) electrons. The van der Waals surface area contributed by atoms with Crippen LogP contribution in [0.15, 0.2) is 0 Å². The van der Waals surface area contributed by atoms with Gasteiger partial charge in [-0.15, -0.1) is 11.8 Å². The minimum atomic E-state index is -0.250. The van der Waals surface area contributed by atoms with Gasteiger partial charge in [0, 0.05) is 18.7 Å². The highest BCUT2D eigenvalue weighted by molar-refractivity contribution is 8.01. The zero-order chi connectivity index (χ0) is 15.6. The molecule has 2 amide bonds. The molecule has 1 N–H and O–H groups in total. The first kappa shape index (κ1) is 16.2. The average molecular weight is 324 g/mol. The van der Waals surface area contributed by atoms with Gasteiger partial charge in [-0.05, 0) is 32.1 Å². The molecule has 124 valence electrons. The minimum Gasteiger partial charge on any atom is -0.354 e. The van der Waals surface area contributed by atoms with E-state index in [4.69, 9.17) is 0 Å². The summed E-state index contributed by atoms with van der Waals surface area (Å²) < 4.78 is 0. The molecule has 0 spiro atoms. The van der Waals surface area contributed by atoms with Crippen LogP contribution in [0.5, 0.6) is 0 Å². The molecule has 0 bridgehead atoms. The van der Waals surface area contributed by atoms with Crippen molar-refractivity contribution in [2.45, 2.75) is 75.6 Å². The fraction of sp³-hybridized carbons (Fsp3) is 0.882. The van der Waals surface area contributed by atoms with E-state index < -0.39 is 0 Å². The second-order valence-electron chi connectivity index (χ2n) is 7.20. The van der Waals surface area contributed by atoms with Gasteiger partial charge in [0.1, 0.15) is 6.04 Å². The first-order valence-corrected chi connectivity index (χ1v) is 9.82. The van der Waals surface area contributed by atoms with Gasteiger partial charge in [-0.1, -0.05) is 32.1 Å². The number of rotatable bonds is 5. The smallest absolute Gasteiger partial charge is 0.243 e. The molecule has 2 aliphatic heterocycles. The van der Waals surface area contributed by atoms with Gasteiger partial charge < -0.3 is 10.2 Å². The van der Waals surface area contributed by atoms with Gasteiger partial charge in [0.25, 0.3) is 0 Å². The maximum atomic E-state index is 12.4. The van der Waals surface area contributed by atoms with E-state index in [0.29, 0.717) is 6.42 Å². The lowest BCUT2D eigenvalue weighted by molar-refractivity contribution is -0.137. The van der Waals surface area contributed by atoms with Gasteiger partial charge in [-0.2, -0.15) is 0 Å². The van der Waals surface area contributed by atoms with E-state index >= 15 is 0 Å². The van der Waals surface area contributed by atoms with Crippen LogP contribution in [0, 0.1) is 5.92 Å². The molecule has 3 fully saturated rings. The summed E-state index contributed by atoms with van der Waals surface area (Å²) in [6.45, 7) is 2.86. The number of thioether (sulfide) groups is 1. The lowest BCUT2D eigenvalue weighted by Crippen LogP contribution is -2.50. The van der Waals surface area contributed by atoms with Crippen molar-refractivity contribution in [3.8, 4) is 0 Å². The number of hydrogen-bond donors (Lipinski definition) is 1. The molecule has 0 aromatic heterocycles. The van der Waals surface area contributed by atoms with E-state index in [1.807, 2.05) is 4.90 Å². The van der Waals surface area contributed by atoms with E-state index in [2.05, 4.69) is 12.2 Å². The SMILES string of the molecule is CC12CCC(=O)N1C(C(=O)NCCCC1CCCCC1)CS2. The van der Waals surface area contributed by atoms with E-state index in [1.165, 1.54) is 38.5 Å². The number of fused-ring (bicyclic) bond motifs is 1. The third kappa shape index (κ3) is 3.29. The fourth-order valence-electron chi connectivity index (χ4n) is 4.21. The molecule has 0 aromatic rings. The second-order valence-corrected chi connectivity index (χ2v) is 8.70. The summed E-state index contributed by atoms with van der Waals surface area (Å²) in [5, 5.41) is 3.07. The van der Waals surface area contributed by atoms with Crippen molar-refractivity contribution in [3.05, 3.63) is 0 Å². The van der Waals surface area contributed by atoms with E-state index in [0.717, 1.165) is 31.1 Å². The van der Waals surface area contributed by atoms with Crippen molar-refractivity contribution in [1.82, 2.24) is 10.2 Å². The summed E-state index contributed by atoms with van der Waals surface area (Å²) in [4.78, 5) is 26.2. The lowest BCUT2D eigenvalue weighted by Gasteiger charge is -2.30. The van der Waals surface area contributed by atoms with E-state index in [-0.39, 0.29) is 22.7 Å². The molecule has 1 saturated carbocycles. The van der Waals surface area contributed by atoms with Crippen molar-refractivity contribution >= 4 is 23.6 Å². The highest BCUT2D eigenvalue weighted by Gasteiger charge is 2.52. The molecule has 22 heavy (non-hydrogen) atoms. The highest BCUT2D eigenvalue weighted by atomic mass is 32.2. The largest absolute Gasteiger partial charge is 0.354 e. The number of nitrogens with one attached hydrogen (secondary N) is 1. The number of amides is 2. The summed E-state index contributed by atoms with van der Waals surface area (Å²) >= 11 is 1.76. The summed E-state index contributed by atoms with van der Waals surface area (Å²) in [5.74, 6) is 1.82. The zero-order valence-electron chi connectivity index (χ0n) is 13.6. The molecular weight excluding hydrogens is 296 g/mol. The number of carbonyl (C=O) groups is 2. The Morgan fingerprint density at radius 3 is 2.91 bits per heavy atom. The third-order valence-corrected chi connectivity index (χ3v) is 7.07. The summed E-state index contributed by atoms with van der Waals surface area (Å²) in [6, 6.07) is -0.250. The molecule has 2 heterocycles. The van der Waals surface area contributed by atoms with Crippen LogP contribution in [-0.4, -0.2) is 39.9 Å². The molecule has 2 atom stereocenters. The number of nitrogens with zero attached hydrogens (tertiary/aromatic N) is 1. The van der Waals surface area contributed by atoms with Crippen LogP contribution in [0.3, 0.4) is 0 Å². The maximum Gasteiger partial charge on any atom is 0.243 e. The van der Waals surface area contributed by atoms with E-state index in [9.17, 15) is 9.59 Å². The van der Waals surface area contributed by atoms with E-state index in [1.54, 1.807) is 11.8 Å². The molecule has 1 aliphatic carbocycles. The van der Waals surface area contributed by atoms with Gasteiger partial charge in [0.05, 0.1) is 4.87 Å². The first-order chi connectivity index (χ1) is 10.6. The molecule has 3 aliphatic rings. The Morgan fingerprint density at radius 1 is 1.36 bits per heavy atom. The van der Waals surface area contributed by atoms with Crippen LogP contribution in [0.4, 0.5) is 0 Å². The summed E-state index contributed by atoms with van der Waals surface area (Å²) in [7, 11) is 0. The topological polar surface area (TPSA) is 49.4 Å². The Kier molecular flexibility index (Phi) is 5.00. The predicted octanol–water partition coefficient (Wildman–Crippen LogP) is 2.92. The van der Waals surface area contributed by atoms with Crippen molar-refractivity contribution in [2.75, 3.05) is 12.3 Å². The van der Waals surface area contributed by atoms with Crippen LogP contribution in [0.25, 0.3) is 0 Å². The minimum absolute atomic E-state index is 0.0510. The van der Waals surface area contributed by atoms with Crippen molar-refractivity contribution in [3.63, 3.8) is 0 Å². The summed E-state index contributed by atoms with van der Waals surface area (Å²) in [5.41, 5.74) is 0. The Balaban J connectivity index is 1.41. The monoisotopic (exact) mass is 324 g/mol. The van der Waals surface area contributed by atoms with Crippen molar-refractivity contribution in [1.29, 1.82) is 0 Å². The second kappa shape index (κ2) is 6.81. The number of hydrogen-bond acceptors (Lipinski definition) is 3. The molecule has 0 aromatic carbocycles. The van der Waals surface area contributed by atoms with Crippen LogP contribution < -0.4 is 5.32 Å². The Labute approximate surface area is 137 Å². The molecule has 5 heteroatoms. The maximum absolute atomic E-state index is 12.4. The van der Waals surface area contributed by atoms with Crippen LogP contribution >= 0.6 is 11.8 Å². The third-order valence-electron chi connectivity index (χ3n) is 5.56. The quantitative estimate of drug-likeness (QED) is 0.791. The summed E-state index contributed by atoms with van der Waals surface area (Å²) in [6.07, 6.45) is 10.7. The van der Waals surface area contributed by atoms with Crippen LogP contribution in [0.1, 0.15) is 64.7 Å². The standard InChI is InChI=1S/C17H28N2O2S/c1-17-10-9-15(20)19(17)14(12-22-17)16(21)18-11-5-8-13-6-3-2-4-7-13/h13-14H,2-12H2,1H3,(H,18,21). The normalized spacial score (nSPS) is 32.3. The zero-order valence-corrected chi connectivity index (χ0v) is 14.4. The fourth-order valence-corrected chi connectivity index (χ4v) is 5.64. The molecule has 3 rings (SSSR count). The molecule has 4 nitrogen and oxygen atoms in total. The Bertz CT molecular complexity index is 436. The van der Waals surface area contributed by atoms with Gasteiger partial charge in [0.15, 0.2) is 0 Å². The average Bonchev–Trinajstić information content (AvgIpc) is 3.01. The lowest BCUT2D eigenvalue weighted by atomic mass is 9.86. The van der Waals surface area contributed by atoms with Crippen molar-refractivity contribution in [2.24, 2.45) is 5.92 Å². The predicted molar refractivity (Wildman–Crippen MR) is 89.5 cm³/mol. The first-order valence-electron chi connectivity index (χ1n) is 8.84.